The third-order valence-electron chi connectivity index (χ3n) is 3.86. The Balaban J connectivity index is 1.66. The normalized spacial score (nSPS) is 16.6. The van der Waals surface area contributed by atoms with Gasteiger partial charge in [-0.2, -0.15) is 4.31 Å². The molecule has 0 spiro atoms. The van der Waals surface area contributed by atoms with Crippen LogP contribution in [0, 0.1) is 0 Å². The third kappa shape index (κ3) is 5.66. The number of carbonyl (C=O) groups is 1. The third-order valence-corrected chi connectivity index (χ3v) is 5.16. The van der Waals surface area contributed by atoms with Crippen molar-refractivity contribution in [2.45, 2.75) is 0 Å². The van der Waals surface area contributed by atoms with Crippen LogP contribution in [0.2, 0.25) is 0 Å². The molecule has 1 aromatic rings. The van der Waals surface area contributed by atoms with Gasteiger partial charge < -0.3 is 15.4 Å². The van der Waals surface area contributed by atoms with Gasteiger partial charge >= 0.3 is 6.03 Å². The number of hydrogen-bond acceptors (Lipinski definition) is 5. The Bertz CT molecular complexity index is 640. The molecule has 0 radical (unpaired) electrons. The van der Waals surface area contributed by atoms with Crippen LogP contribution in [0.5, 0.6) is 5.75 Å². The lowest BCUT2D eigenvalue weighted by atomic mass is 10.3. The Morgan fingerprint density at radius 3 is 2.33 bits per heavy atom. The molecule has 0 unspecified atom stereocenters. The number of ether oxygens (including phenoxy) is 1. The standard InChI is InChI=1S/C15H24N4O4S/c1-23-14-5-3-13(4-6-14)17-15(20)16-7-8-18-9-11-19(12-10-18)24(2,21)22/h3-6H,7-12H2,1-2H3,(H2,16,17,20). The van der Waals surface area contributed by atoms with Gasteiger partial charge in [-0.1, -0.05) is 0 Å². The SMILES string of the molecule is COc1ccc(NC(=O)NCCN2CCN(S(C)(=O)=O)CC2)cc1. The van der Waals surface area contributed by atoms with Gasteiger partial charge in [-0.25, -0.2) is 13.2 Å². The zero-order valence-corrected chi connectivity index (χ0v) is 14.8. The van der Waals surface area contributed by atoms with E-state index < -0.39 is 10.0 Å². The fourth-order valence-electron chi connectivity index (χ4n) is 2.46. The largest absolute Gasteiger partial charge is 0.497 e. The summed E-state index contributed by atoms with van der Waals surface area (Å²) in [4.78, 5) is 14.0. The number of benzene rings is 1. The average Bonchev–Trinajstić information content (AvgIpc) is 2.55. The molecule has 1 aliphatic heterocycles. The van der Waals surface area contributed by atoms with Gasteiger partial charge in [0.15, 0.2) is 0 Å². The Kier molecular flexibility index (Phi) is 6.41. The van der Waals surface area contributed by atoms with Crippen LogP contribution < -0.4 is 15.4 Å². The number of nitrogens with one attached hydrogen (secondary N) is 2. The predicted molar refractivity (Wildman–Crippen MR) is 92.9 cm³/mol. The summed E-state index contributed by atoms with van der Waals surface area (Å²) in [5, 5.41) is 5.54. The van der Waals surface area contributed by atoms with E-state index in [1.54, 1.807) is 31.4 Å². The van der Waals surface area contributed by atoms with Crippen LogP contribution in [0.1, 0.15) is 0 Å². The first-order chi connectivity index (χ1) is 11.4. The molecule has 2 rings (SSSR count). The number of rotatable bonds is 6. The molecule has 1 fully saturated rings. The maximum atomic E-state index is 11.8. The summed E-state index contributed by atoms with van der Waals surface area (Å²) in [6.45, 7) is 3.53. The highest BCUT2D eigenvalue weighted by molar-refractivity contribution is 7.88. The summed E-state index contributed by atoms with van der Waals surface area (Å²) >= 11 is 0. The molecule has 9 heteroatoms. The molecule has 0 bridgehead atoms. The van der Waals surface area contributed by atoms with Crippen molar-refractivity contribution in [3.05, 3.63) is 24.3 Å². The van der Waals surface area contributed by atoms with Crippen molar-refractivity contribution < 1.29 is 17.9 Å². The summed E-state index contributed by atoms with van der Waals surface area (Å²) < 4.78 is 29.4. The number of amides is 2. The van der Waals surface area contributed by atoms with E-state index in [9.17, 15) is 13.2 Å². The van der Waals surface area contributed by atoms with Gasteiger partial charge in [0, 0.05) is 45.0 Å². The number of methoxy groups -OCH3 is 1. The van der Waals surface area contributed by atoms with E-state index in [4.69, 9.17) is 4.74 Å². The number of nitrogens with zero attached hydrogens (tertiary/aromatic N) is 2. The van der Waals surface area contributed by atoms with Gasteiger partial charge in [-0.05, 0) is 24.3 Å². The van der Waals surface area contributed by atoms with E-state index in [2.05, 4.69) is 15.5 Å². The Morgan fingerprint density at radius 1 is 1.17 bits per heavy atom. The van der Waals surface area contributed by atoms with Crippen molar-refractivity contribution in [3.8, 4) is 5.75 Å². The van der Waals surface area contributed by atoms with Crippen LogP contribution >= 0.6 is 0 Å². The molecule has 24 heavy (non-hydrogen) atoms. The second-order valence-electron chi connectivity index (χ2n) is 5.61. The lowest BCUT2D eigenvalue weighted by molar-refractivity contribution is 0.189. The highest BCUT2D eigenvalue weighted by Gasteiger charge is 2.22. The van der Waals surface area contributed by atoms with Crippen molar-refractivity contribution in [2.24, 2.45) is 0 Å². The highest BCUT2D eigenvalue weighted by atomic mass is 32.2. The van der Waals surface area contributed by atoms with Crippen molar-refractivity contribution in [1.82, 2.24) is 14.5 Å². The minimum Gasteiger partial charge on any atom is -0.497 e. The Hall–Kier alpha value is -1.84. The lowest BCUT2D eigenvalue weighted by Gasteiger charge is -2.33. The second kappa shape index (κ2) is 8.32. The fraction of sp³-hybridized carbons (Fsp3) is 0.533. The maximum Gasteiger partial charge on any atom is 0.319 e. The van der Waals surface area contributed by atoms with Crippen LogP contribution in [0.25, 0.3) is 0 Å². The maximum absolute atomic E-state index is 11.8. The van der Waals surface area contributed by atoms with E-state index in [1.165, 1.54) is 10.6 Å². The number of piperazine rings is 1. The molecule has 1 aliphatic rings. The average molecular weight is 356 g/mol. The molecule has 1 aromatic carbocycles. The number of sulfonamides is 1. The molecule has 2 amide bonds. The van der Waals surface area contributed by atoms with Crippen LogP contribution in [-0.2, 0) is 10.0 Å². The minimum atomic E-state index is -3.10. The van der Waals surface area contributed by atoms with Crippen LogP contribution in [0.4, 0.5) is 10.5 Å². The van der Waals surface area contributed by atoms with Gasteiger partial charge in [0.1, 0.15) is 5.75 Å². The molecule has 2 N–H and O–H groups in total. The first kappa shape index (κ1) is 18.5. The molecule has 1 saturated heterocycles. The molecule has 134 valence electrons. The molecular weight excluding hydrogens is 332 g/mol. The topological polar surface area (TPSA) is 91.0 Å². The lowest BCUT2D eigenvalue weighted by Crippen LogP contribution is -2.50. The van der Waals surface area contributed by atoms with E-state index in [-0.39, 0.29) is 6.03 Å². The van der Waals surface area contributed by atoms with Crippen molar-refractivity contribution in [3.63, 3.8) is 0 Å². The minimum absolute atomic E-state index is 0.269. The Labute approximate surface area is 142 Å². The molecular formula is C15H24N4O4S. The summed E-state index contributed by atoms with van der Waals surface area (Å²) in [6.07, 6.45) is 1.23. The fourth-order valence-corrected chi connectivity index (χ4v) is 3.29. The van der Waals surface area contributed by atoms with Crippen molar-refractivity contribution >= 4 is 21.7 Å². The quantitative estimate of drug-likeness (QED) is 0.770. The smallest absolute Gasteiger partial charge is 0.319 e. The van der Waals surface area contributed by atoms with Gasteiger partial charge in [0.2, 0.25) is 10.0 Å². The van der Waals surface area contributed by atoms with Gasteiger partial charge in [-0.15, -0.1) is 0 Å². The molecule has 0 saturated carbocycles. The highest BCUT2D eigenvalue weighted by Crippen LogP contribution is 2.14. The molecule has 1 heterocycles. The van der Waals surface area contributed by atoms with Crippen LogP contribution in [-0.4, -0.2) is 76.3 Å². The zero-order valence-electron chi connectivity index (χ0n) is 14.0. The van der Waals surface area contributed by atoms with E-state index in [0.717, 1.165) is 5.75 Å². The van der Waals surface area contributed by atoms with Crippen LogP contribution in [0.15, 0.2) is 24.3 Å². The van der Waals surface area contributed by atoms with Gasteiger partial charge in [0.05, 0.1) is 13.4 Å². The number of urea groups is 1. The number of anilines is 1. The summed E-state index contributed by atoms with van der Waals surface area (Å²) in [5.74, 6) is 0.731. The summed E-state index contributed by atoms with van der Waals surface area (Å²) in [5.41, 5.74) is 0.690. The first-order valence-corrected chi connectivity index (χ1v) is 9.60. The molecule has 0 atom stereocenters. The van der Waals surface area contributed by atoms with E-state index in [0.29, 0.717) is 45.0 Å². The van der Waals surface area contributed by atoms with E-state index >= 15 is 0 Å². The van der Waals surface area contributed by atoms with Gasteiger partial charge in [0.25, 0.3) is 0 Å². The summed E-state index contributed by atoms with van der Waals surface area (Å²) in [7, 11) is -1.52. The predicted octanol–water partition coefficient (Wildman–Crippen LogP) is 0.394. The Morgan fingerprint density at radius 2 is 1.79 bits per heavy atom. The van der Waals surface area contributed by atoms with Crippen LogP contribution in [0.3, 0.4) is 0 Å². The molecule has 0 aliphatic carbocycles. The number of carbonyl (C=O) groups excluding carboxylic acids is 1. The second-order valence-corrected chi connectivity index (χ2v) is 7.60. The van der Waals surface area contributed by atoms with Gasteiger partial charge in [-0.3, -0.25) is 4.90 Å². The monoisotopic (exact) mass is 356 g/mol. The summed E-state index contributed by atoms with van der Waals surface area (Å²) in [6, 6.07) is 6.81. The zero-order chi connectivity index (χ0) is 17.6. The first-order valence-electron chi connectivity index (χ1n) is 7.75. The van der Waals surface area contributed by atoms with Crippen molar-refractivity contribution in [1.29, 1.82) is 0 Å². The molecule has 0 aromatic heterocycles. The van der Waals surface area contributed by atoms with E-state index in [1.807, 2.05) is 0 Å². The molecule has 8 nitrogen and oxygen atoms in total. The van der Waals surface area contributed by atoms with Crippen molar-refractivity contribution in [2.75, 3.05) is 58.0 Å². The number of hydrogen-bond donors (Lipinski definition) is 2.